The van der Waals surface area contributed by atoms with Crippen LogP contribution < -0.4 is 10.6 Å². The summed E-state index contributed by atoms with van der Waals surface area (Å²) in [6.45, 7) is 1.09. The lowest BCUT2D eigenvalue weighted by Gasteiger charge is -2.15. The van der Waals surface area contributed by atoms with Crippen molar-refractivity contribution in [3.8, 4) is 0 Å². The summed E-state index contributed by atoms with van der Waals surface area (Å²) in [5.41, 5.74) is 0.354. The first-order chi connectivity index (χ1) is 12.0. The molecule has 25 heavy (non-hydrogen) atoms. The second-order valence-corrected chi connectivity index (χ2v) is 6.43. The van der Waals surface area contributed by atoms with Crippen molar-refractivity contribution in [1.82, 2.24) is 5.32 Å². The van der Waals surface area contributed by atoms with Gasteiger partial charge in [-0.15, -0.1) is 0 Å². The number of ether oxygens (including phenoxy) is 1. The first-order valence-corrected chi connectivity index (χ1v) is 8.54. The van der Waals surface area contributed by atoms with E-state index >= 15 is 0 Å². The summed E-state index contributed by atoms with van der Waals surface area (Å²) in [6, 6.07) is 6.01. The Hall–Kier alpha value is -2.02. The molecule has 0 unspecified atom stereocenters. The zero-order chi connectivity index (χ0) is 17.8. The Kier molecular flexibility index (Phi) is 5.63. The minimum absolute atomic E-state index is 0.000217. The molecule has 3 rings (SSSR count). The number of benzene rings is 1. The van der Waals surface area contributed by atoms with E-state index in [2.05, 4.69) is 10.6 Å². The van der Waals surface area contributed by atoms with E-state index in [0.717, 1.165) is 12.8 Å². The van der Waals surface area contributed by atoms with Crippen molar-refractivity contribution in [3.63, 3.8) is 0 Å². The van der Waals surface area contributed by atoms with E-state index in [9.17, 15) is 9.59 Å². The Morgan fingerprint density at radius 3 is 2.76 bits per heavy atom. The highest BCUT2D eigenvalue weighted by molar-refractivity contribution is 6.38. The molecule has 2 heterocycles. The molecule has 1 atom stereocenters. The molecule has 0 bridgehead atoms. The monoisotopic (exact) mass is 382 g/mol. The Bertz CT molecular complexity index is 771. The number of carbonyl (C=O) groups is 2. The highest BCUT2D eigenvalue weighted by Crippen LogP contribution is 2.31. The van der Waals surface area contributed by atoms with Crippen LogP contribution in [0.15, 0.2) is 34.9 Å². The van der Waals surface area contributed by atoms with Crippen molar-refractivity contribution in [2.45, 2.75) is 18.9 Å². The summed E-state index contributed by atoms with van der Waals surface area (Å²) < 4.78 is 10.5. The SMILES string of the molecule is O=C(Nc1c(Cl)cc(Cl)cc1C(=O)NC[C@H]1CCCO1)c1ccco1. The van der Waals surface area contributed by atoms with Crippen molar-refractivity contribution >= 4 is 40.7 Å². The predicted molar refractivity (Wildman–Crippen MR) is 94.4 cm³/mol. The van der Waals surface area contributed by atoms with Crippen LogP contribution >= 0.6 is 23.2 Å². The summed E-state index contributed by atoms with van der Waals surface area (Å²) in [4.78, 5) is 24.7. The first kappa shape index (κ1) is 17.8. The molecule has 1 aromatic heterocycles. The molecule has 1 saturated heterocycles. The lowest BCUT2D eigenvalue weighted by molar-refractivity contribution is 0.0858. The number of hydrogen-bond donors (Lipinski definition) is 2. The average molecular weight is 383 g/mol. The zero-order valence-electron chi connectivity index (χ0n) is 13.2. The minimum Gasteiger partial charge on any atom is -0.459 e. The number of furan rings is 1. The number of anilines is 1. The van der Waals surface area contributed by atoms with Gasteiger partial charge in [-0.1, -0.05) is 23.2 Å². The van der Waals surface area contributed by atoms with Gasteiger partial charge in [0.1, 0.15) is 0 Å². The average Bonchev–Trinajstić information content (AvgIpc) is 3.28. The zero-order valence-corrected chi connectivity index (χ0v) is 14.7. The largest absolute Gasteiger partial charge is 0.459 e. The fourth-order valence-corrected chi connectivity index (χ4v) is 3.11. The van der Waals surface area contributed by atoms with Gasteiger partial charge in [0.15, 0.2) is 5.76 Å². The van der Waals surface area contributed by atoms with E-state index in [1.807, 2.05) is 0 Å². The third-order valence-electron chi connectivity index (χ3n) is 3.80. The van der Waals surface area contributed by atoms with E-state index < -0.39 is 11.8 Å². The summed E-state index contributed by atoms with van der Waals surface area (Å²) in [7, 11) is 0. The van der Waals surface area contributed by atoms with Crippen LogP contribution in [0.5, 0.6) is 0 Å². The van der Waals surface area contributed by atoms with Gasteiger partial charge in [-0.05, 0) is 37.1 Å². The number of nitrogens with one attached hydrogen (secondary N) is 2. The third-order valence-corrected chi connectivity index (χ3v) is 4.31. The fraction of sp³-hybridized carbons (Fsp3) is 0.294. The molecular formula is C17H16Cl2N2O4. The maximum Gasteiger partial charge on any atom is 0.291 e. The van der Waals surface area contributed by atoms with Gasteiger partial charge in [-0.2, -0.15) is 0 Å². The Morgan fingerprint density at radius 2 is 2.08 bits per heavy atom. The van der Waals surface area contributed by atoms with Gasteiger partial charge in [-0.3, -0.25) is 9.59 Å². The molecule has 1 fully saturated rings. The number of carbonyl (C=O) groups excluding carboxylic acids is 2. The second kappa shape index (κ2) is 7.91. The van der Waals surface area contributed by atoms with Gasteiger partial charge in [0.2, 0.25) is 0 Å². The number of hydrogen-bond acceptors (Lipinski definition) is 4. The molecule has 1 aliphatic heterocycles. The quantitative estimate of drug-likeness (QED) is 0.824. The summed E-state index contributed by atoms with van der Waals surface area (Å²) >= 11 is 12.2. The Labute approximate surface area is 154 Å². The van der Waals surface area contributed by atoms with Gasteiger partial charge in [0, 0.05) is 18.2 Å². The Balaban J connectivity index is 1.79. The van der Waals surface area contributed by atoms with Crippen LogP contribution in [0.25, 0.3) is 0 Å². The maximum atomic E-state index is 12.5. The smallest absolute Gasteiger partial charge is 0.291 e. The topological polar surface area (TPSA) is 80.6 Å². The van der Waals surface area contributed by atoms with Gasteiger partial charge in [-0.25, -0.2) is 0 Å². The molecule has 2 N–H and O–H groups in total. The van der Waals surface area contributed by atoms with E-state index in [1.165, 1.54) is 24.5 Å². The lowest BCUT2D eigenvalue weighted by atomic mass is 10.1. The summed E-state index contributed by atoms with van der Waals surface area (Å²) in [5, 5.41) is 5.85. The minimum atomic E-state index is -0.512. The van der Waals surface area contributed by atoms with Crippen molar-refractivity contribution in [2.75, 3.05) is 18.5 Å². The summed E-state index contributed by atoms with van der Waals surface area (Å²) in [6.07, 6.45) is 3.26. The molecule has 0 saturated carbocycles. The van der Waals surface area contributed by atoms with Crippen molar-refractivity contribution in [1.29, 1.82) is 0 Å². The highest BCUT2D eigenvalue weighted by Gasteiger charge is 2.21. The van der Waals surface area contributed by atoms with Gasteiger partial charge < -0.3 is 19.8 Å². The van der Waals surface area contributed by atoms with E-state index in [4.69, 9.17) is 32.4 Å². The van der Waals surface area contributed by atoms with Crippen LogP contribution in [0.1, 0.15) is 33.8 Å². The molecule has 2 aromatic rings. The van der Waals surface area contributed by atoms with Crippen molar-refractivity contribution < 1.29 is 18.7 Å². The molecular weight excluding hydrogens is 367 g/mol. The molecule has 6 nitrogen and oxygen atoms in total. The van der Waals surface area contributed by atoms with E-state index in [-0.39, 0.29) is 28.1 Å². The Morgan fingerprint density at radius 1 is 1.24 bits per heavy atom. The highest BCUT2D eigenvalue weighted by atomic mass is 35.5. The molecule has 0 spiro atoms. The molecule has 132 valence electrons. The van der Waals surface area contributed by atoms with Crippen LogP contribution in [-0.4, -0.2) is 31.1 Å². The lowest BCUT2D eigenvalue weighted by Crippen LogP contribution is -2.32. The normalized spacial score (nSPS) is 16.6. The summed E-state index contributed by atoms with van der Waals surface area (Å²) in [5.74, 6) is -0.797. The molecule has 1 aliphatic rings. The van der Waals surface area contributed by atoms with Crippen molar-refractivity contribution in [3.05, 3.63) is 51.9 Å². The third kappa shape index (κ3) is 4.34. The van der Waals surface area contributed by atoms with Gasteiger partial charge in [0.25, 0.3) is 11.8 Å². The fourth-order valence-electron chi connectivity index (χ4n) is 2.57. The molecule has 0 aliphatic carbocycles. The van der Waals surface area contributed by atoms with Crippen LogP contribution in [0.2, 0.25) is 10.0 Å². The van der Waals surface area contributed by atoms with E-state index in [1.54, 1.807) is 6.07 Å². The molecule has 1 aromatic carbocycles. The van der Waals surface area contributed by atoms with Gasteiger partial charge in [0.05, 0.1) is 28.6 Å². The molecule has 0 radical (unpaired) electrons. The van der Waals surface area contributed by atoms with Crippen LogP contribution in [-0.2, 0) is 4.74 Å². The van der Waals surface area contributed by atoms with Gasteiger partial charge >= 0.3 is 0 Å². The first-order valence-electron chi connectivity index (χ1n) is 7.78. The second-order valence-electron chi connectivity index (χ2n) is 5.59. The number of rotatable bonds is 5. The van der Waals surface area contributed by atoms with Crippen LogP contribution in [0, 0.1) is 0 Å². The molecule has 8 heteroatoms. The van der Waals surface area contributed by atoms with Crippen molar-refractivity contribution in [2.24, 2.45) is 0 Å². The number of halogens is 2. The van der Waals surface area contributed by atoms with Crippen LogP contribution in [0.3, 0.4) is 0 Å². The van der Waals surface area contributed by atoms with E-state index in [0.29, 0.717) is 18.2 Å². The molecule has 2 amide bonds. The standard InChI is InChI=1S/C17H16Cl2N2O4/c18-10-7-12(16(22)20-9-11-3-1-5-24-11)15(13(19)8-10)21-17(23)14-4-2-6-25-14/h2,4,6-8,11H,1,3,5,9H2,(H,20,22)(H,21,23)/t11-/m1/s1. The maximum absolute atomic E-state index is 12.5. The predicted octanol–water partition coefficient (Wildman–Crippen LogP) is 3.75. The van der Waals surface area contributed by atoms with Crippen LogP contribution in [0.4, 0.5) is 5.69 Å². The number of amides is 2.